The summed E-state index contributed by atoms with van der Waals surface area (Å²) in [6.07, 6.45) is 1.12. The van der Waals surface area contributed by atoms with Gasteiger partial charge in [0.2, 0.25) is 0 Å². The summed E-state index contributed by atoms with van der Waals surface area (Å²) >= 11 is 0. The van der Waals surface area contributed by atoms with Crippen molar-refractivity contribution in [3.8, 4) is 0 Å². The van der Waals surface area contributed by atoms with E-state index in [-0.39, 0.29) is 0 Å². The molecule has 1 N–H and O–H groups in total. The van der Waals surface area contributed by atoms with Gasteiger partial charge in [-0.15, -0.1) is 0 Å². The van der Waals surface area contributed by atoms with Gasteiger partial charge in [-0.2, -0.15) is 0 Å². The number of fused-ring (bicyclic) bond motifs is 2. The van der Waals surface area contributed by atoms with Crippen LogP contribution in [0.3, 0.4) is 0 Å². The zero-order valence-corrected chi connectivity index (χ0v) is 10.5. The summed E-state index contributed by atoms with van der Waals surface area (Å²) in [5.41, 5.74) is 3.31. The highest BCUT2D eigenvalue weighted by molar-refractivity contribution is 6.07. The van der Waals surface area contributed by atoms with Gasteiger partial charge in [0, 0.05) is 17.3 Å². The molecule has 2 heteroatoms. The fraction of sp³-hybridized carbons (Fsp3) is 0.188. The molecule has 0 fully saturated rings. The van der Waals surface area contributed by atoms with Crippen molar-refractivity contribution in [2.24, 2.45) is 0 Å². The second-order valence-corrected chi connectivity index (χ2v) is 4.45. The maximum Gasteiger partial charge on any atom is 0.0730 e. The van der Waals surface area contributed by atoms with Crippen molar-refractivity contribution in [2.75, 3.05) is 11.9 Å². The van der Waals surface area contributed by atoms with Crippen LogP contribution in [0.25, 0.3) is 21.8 Å². The number of anilines is 1. The van der Waals surface area contributed by atoms with E-state index < -0.39 is 0 Å². The number of nitrogens with zero attached hydrogens (tertiary/aromatic N) is 1. The van der Waals surface area contributed by atoms with Crippen LogP contribution in [0.4, 0.5) is 5.69 Å². The molecule has 90 valence electrons. The second-order valence-electron chi connectivity index (χ2n) is 4.45. The summed E-state index contributed by atoms with van der Waals surface area (Å²) < 4.78 is 0. The molecule has 0 saturated heterocycles. The third-order valence-corrected chi connectivity index (χ3v) is 3.14. The first-order valence-corrected chi connectivity index (χ1v) is 6.41. The van der Waals surface area contributed by atoms with Gasteiger partial charge in [-0.1, -0.05) is 43.3 Å². The molecular formula is C16H16N2. The molecule has 3 rings (SSSR count). The van der Waals surface area contributed by atoms with Gasteiger partial charge < -0.3 is 5.32 Å². The van der Waals surface area contributed by atoms with Crippen molar-refractivity contribution in [2.45, 2.75) is 13.3 Å². The molecule has 18 heavy (non-hydrogen) atoms. The number of nitrogens with one attached hydrogen (secondary N) is 1. The summed E-state index contributed by atoms with van der Waals surface area (Å²) in [6.45, 7) is 3.16. The molecule has 2 aromatic carbocycles. The molecule has 3 aromatic rings. The van der Waals surface area contributed by atoms with E-state index in [1.807, 2.05) is 12.1 Å². The topological polar surface area (TPSA) is 24.9 Å². The average molecular weight is 236 g/mol. The van der Waals surface area contributed by atoms with Gasteiger partial charge >= 0.3 is 0 Å². The van der Waals surface area contributed by atoms with Crippen LogP contribution < -0.4 is 5.32 Å². The molecule has 0 aliphatic carbocycles. The maximum atomic E-state index is 4.71. The standard InChI is InChI=1S/C16H16N2/c1-2-11-17-16-12-7-3-5-9-14(12)18-15-10-6-4-8-13(15)16/h3-10H,2,11H2,1H3,(H,17,18). The molecule has 0 amide bonds. The number of benzene rings is 2. The van der Waals surface area contributed by atoms with Gasteiger partial charge in [0.1, 0.15) is 0 Å². The molecule has 0 bridgehead atoms. The van der Waals surface area contributed by atoms with Crippen LogP contribution in [0.5, 0.6) is 0 Å². The van der Waals surface area contributed by atoms with Crippen LogP contribution >= 0.6 is 0 Å². The van der Waals surface area contributed by atoms with Crippen LogP contribution in [-0.4, -0.2) is 11.5 Å². The van der Waals surface area contributed by atoms with E-state index in [1.165, 1.54) is 16.5 Å². The minimum Gasteiger partial charge on any atom is -0.384 e. The Hall–Kier alpha value is -2.09. The first-order valence-electron chi connectivity index (χ1n) is 6.41. The molecule has 1 heterocycles. The number of pyridine rings is 1. The lowest BCUT2D eigenvalue weighted by Gasteiger charge is -2.12. The predicted molar refractivity (Wildman–Crippen MR) is 78.0 cm³/mol. The van der Waals surface area contributed by atoms with E-state index in [0.717, 1.165) is 24.0 Å². The Bertz CT molecular complexity index is 635. The molecule has 0 saturated carbocycles. The van der Waals surface area contributed by atoms with Crippen LogP contribution in [0.2, 0.25) is 0 Å². The van der Waals surface area contributed by atoms with E-state index in [4.69, 9.17) is 4.98 Å². The summed E-state index contributed by atoms with van der Waals surface area (Å²) in [6, 6.07) is 16.6. The van der Waals surface area contributed by atoms with Gasteiger partial charge in [-0.3, -0.25) is 0 Å². The number of hydrogen-bond donors (Lipinski definition) is 1. The molecule has 0 unspecified atom stereocenters. The van der Waals surface area contributed by atoms with Crippen molar-refractivity contribution in [1.29, 1.82) is 0 Å². The number of rotatable bonds is 3. The molecule has 0 atom stereocenters. The Labute approximate surface area is 107 Å². The van der Waals surface area contributed by atoms with E-state index in [0.29, 0.717) is 0 Å². The largest absolute Gasteiger partial charge is 0.384 e. The summed E-state index contributed by atoms with van der Waals surface area (Å²) in [5.74, 6) is 0. The Morgan fingerprint density at radius 3 is 2.00 bits per heavy atom. The molecular weight excluding hydrogens is 220 g/mol. The smallest absolute Gasteiger partial charge is 0.0730 e. The lowest BCUT2D eigenvalue weighted by Crippen LogP contribution is -2.01. The van der Waals surface area contributed by atoms with Gasteiger partial charge in [-0.25, -0.2) is 4.98 Å². The molecule has 2 nitrogen and oxygen atoms in total. The van der Waals surface area contributed by atoms with Crippen LogP contribution in [0.15, 0.2) is 48.5 Å². The van der Waals surface area contributed by atoms with Crippen LogP contribution in [0, 0.1) is 0 Å². The second kappa shape index (κ2) is 4.65. The Morgan fingerprint density at radius 1 is 0.889 bits per heavy atom. The quantitative estimate of drug-likeness (QED) is 0.689. The third kappa shape index (κ3) is 1.80. The summed E-state index contributed by atoms with van der Waals surface area (Å²) in [4.78, 5) is 4.71. The van der Waals surface area contributed by atoms with Crippen molar-refractivity contribution in [3.63, 3.8) is 0 Å². The van der Waals surface area contributed by atoms with Gasteiger partial charge in [-0.05, 0) is 18.6 Å². The van der Waals surface area contributed by atoms with E-state index >= 15 is 0 Å². The maximum absolute atomic E-state index is 4.71. The van der Waals surface area contributed by atoms with Gasteiger partial charge in [0.15, 0.2) is 0 Å². The fourth-order valence-electron chi connectivity index (χ4n) is 2.28. The Kier molecular flexibility index (Phi) is 2.85. The predicted octanol–water partition coefficient (Wildman–Crippen LogP) is 4.21. The van der Waals surface area contributed by atoms with E-state index in [9.17, 15) is 0 Å². The summed E-state index contributed by atoms with van der Waals surface area (Å²) in [7, 11) is 0. The SMILES string of the molecule is CCCNc1c2ccccc2nc2ccccc12. The highest BCUT2D eigenvalue weighted by Crippen LogP contribution is 2.30. The van der Waals surface area contributed by atoms with Crippen molar-refractivity contribution < 1.29 is 0 Å². The normalized spacial score (nSPS) is 10.9. The van der Waals surface area contributed by atoms with E-state index in [1.54, 1.807) is 0 Å². The monoisotopic (exact) mass is 236 g/mol. The zero-order chi connectivity index (χ0) is 12.4. The zero-order valence-electron chi connectivity index (χ0n) is 10.5. The molecule has 0 aliphatic heterocycles. The Balaban J connectivity index is 2.34. The minimum absolute atomic E-state index is 0.984. The lowest BCUT2D eigenvalue weighted by atomic mass is 10.1. The van der Waals surface area contributed by atoms with E-state index in [2.05, 4.69) is 48.6 Å². The molecule has 0 spiro atoms. The summed E-state index contributed by atoms with van der Waals surface area (Å²) in [5, 5.41) is 5.94. The van der Waals surface area contributed by atoms with Crippen LogP contribution in [0.1, 0.15) is 13.3 Å². The van der Waals surface area contributed by atoms with Crippen molar-refractivity contribution >= 4 is 27.5 Å². The van der Waals surface area contributed by atoms with Gasteiger partial charge in [0.25, 0.3) is 0 Å². The third-order valence-electron chi connectivity index (χ3n) is 3.14. The average Bonchev–Trinajstić information content (AvgIpc) is 2.43. The molecule has 1 aromatic heterocycles. The van der Waals surface area contributed by atoms with Crippen molar-refractivity contribution in [3.05, 3.63) is 48.5 Å². The lowest BCUT2D eigenvalue weighted by molar-refractivity contribution is 0.983. The Morgan fingerprint density at radius 2 is 1.44 bits per heavy atom. The fourth-order valence-corrected chi connectivity index (χ4v) is 2.28. The first kappa shape index (κ1) is 11.0. The van der Waals surface area contributed by atoms with Crippen LogP contribution in [-0.2, 0) is 0 Å². The first-order chi connectivity index (χ1) is 8.90. The number of para-hydroxylation sites is 2. The van der Waals surface area contributed by atoms with Crippen molar-refractivity contribution in [1.82, 2.24) is 4.98 Å². The van der Waals surface area contributed by atoms with Gasteiger partial charge in [0.05, 0.1) is 16.7 Å². The highest BCUT2D eigenvalue weighted by Gasteiger charge is 2.07. The minimum atomic E-state index is 0.984. The molecule has 0 aliphatic rings. The molecule has 0 radical (unpaired) electrons. The number of hydrogen-bond acceptors (Lipinski definition) is 2. The number of aromatic nitrogens is 1. The highest BCUT2D eigenvalue weighted by atomic mass is 14.9.